The monoisotopic (exact) mass is 324 g/mol. The standard InChI is InChI=1S/C14H18F2N2OSi2/c1-20(2,13-5-7-17-9-11(13)15)19-21(3,4)14-6-8-18-10-12(14)16/h5-10H,1-4H3. The van der Waals surface area contributed by atoms with Crippen LogP contribution in [-0.2, 0) is 4.12 Å². The van der Waals surface area contributed by atoms with Crippen molar-refractivity contribution >= 4 is 27.0 Å². The lowest BCUT2D eigenvalue weighted by Gasteiger charge is -2.34. The smallest absolute Gasteiger partial charge is 0.209 e. The molecule has 7 heteroatoms. The van der Waals surface area contributed by atoms with Crippen LogP contribution in [0.1, 0.15) is 0 Å². The second kappa shape index (κ2) is 5.74. The Kier molecular flexibility index (Phi) is 4.36. The first-order valence-corrected chi connectivity index (χ1v) is 12.5. The van der Waals surface area contributed by atoms with Crippen LogP contribution in [0, 0.1) is 11.6 Å². The molecule has 0 aromatic carbocycles. The normalized spacial score (nSPS) is 12.5. The maximum atomic E-state index is 14.0. The van der Waals surface area contributed by atoms with Gasteiger partial charge in [-0.05, 0) is 38.3 Å². The van der Waals surface area contributed by atoms with Gasteiger partial charge in [0.1, 0.15) is 11.6 Å². The van der Waals surface area contributed by atoms with Gasteiger partial charge in [0.25, 0.3) is 0 Å². The first-order valence-electron chi connectivity index (χ1n) is 6.64. The molecule has 0 saturated heterocycles. The SMILES string of the molecule is C[Si](C)(O[Si](C)(C)c1ccncc1F)c1ccncc1F. The van der Waals surface area contributed by atoms with Crippen molar-refractivity contribution in [3.05, 3.63) is 48.6 Å². The van der Waals surface area contributed by atoms with E-state index in [1.165, 1.54) is 12.4 Å². The molecule has 0 radical (unpaired) electrons. The minimum absolute atomic E-state index is 0.367. The molecule has 0 atom stereocenters. The van der Waals surface area contributed by atoms with Crippen LogP contribution in [0.3, 0.4) is 0 Å². The fourth-order valence-electron chi connectivity index (χ4n) is 2.47. The number of pyridine rings is 2. The van der Waals surface area contributed by atoms with Crippen molar-refractivity contribution in [1.29, 1.82) is 0 Å². The molecule has 0 fully saturated rings. The molecule has 0 aliphatic heterocycles. The lowest BCUT2D eigenvalue weighted by atomic mass is 10.5. The number of nitrogens with zero attached hydrogens (tertiary/aromatic N) is 2. The third-order valence-corrected chi connectivity index (χ3v) is 10.8. The van der Waals surface area contributed by atoms with Crippen LogP contribution in [0.15, 0.2) is 36.9 Å². The summed E-state index contributed by atoms with van der Waals surface area (Å²) in [4.78, 5) is 7.52. The van der Waals surface area contributed by atoms with Gasteiger partial charge >= 0.3 is 0 Å². The van der Waals surface area contributed by atoms with E-state index in [1.54, 1.807) is 24.5 Å². The van der Waals surface area contributed by atoms with Crippen LogP contribution in [0.25, 0.3) is 0 Å². The van der Waals surface area contributed by atoms with E-state index >= 15 is 0 Å². The van der Waals surface area contributed by atoms with Crippen LogP contribution >= 0.6 is 0 Å². The molecule has 0 unspecified atom stereocenters. The summed E-state index contributed by atoms with van der Waals surface area (Å²) in [5, 5.41) is 1.10. The average Bonchev–Trinajstić information content (AvgIpc) is 2.38. The summed E-state index contributed by atoms with van der Waals surface area (Å²) in [5.74, 6) is -0.733. The van der Waals surface area contributed by atoms with Gasteiger partial charge in [-0.3, -0.25) is 9.97 Å². The summed E-state index contributed by atoms with van der Waals surface area (Å²) in [5.41, 5.74) is 0. The number of halogens is 2. The Balaban J connectivity index is 2.36. The van der Waals surface area contributed by atoms with Crippen molar-refractivity contribution < 1.29 is 12.9 Å². The van der Waals surface area contributed by atoms with Crippen molar-refractivity contribution in [2.75, 3.05) is 0 Å². The fourth-order valence-corrected chi connectivity index (χ4v) is 10.7. The van der Waals surface area contributed by atoms with Crippen LogP contribution in [0.4, 0.5) is 8.78 Å². The number of rotatable bonds is 4. The van der Waals surface area contributed by atoms with Crippen molar-refractivity contribution in [3.8, 4) is 0 Å². The molecule has 0 bridgehead atoms. The van der Waals surface area contributed by atoms with Gasteiger partial charge in [0.15, 0.2) is 0 Å². The molecular formula is C14H18F2N2OSi2. The van der Waals surface area contributed by atoms with E-state index in [-0.39, 0.29) is 11.6 Å². The lowest BCUT2D eigenvalue weighted by Crippen LogP contribution is -2.59. The highest BCUT2D eigenvalue weighted by atomic mass is 28.4. The molecule has 0 aliphatic carbocycles. The van der Waals surface area contributed by atoms with E-state index in [9.17, 15) is 8.78 Å². The largest absolute Gasteiger partial charge is 0.449 e. The van der Waals surface area contributed by atoms with Crippen molar-refractivity contribution in [3.63, 3.8) is 0 Å². The predicted molar refractivity (Wildman–Crippen MR) is 83.7 cm³/mol. The quantitative estimate of drug-likeness (QED) is 0.810. The van der Waals surface area contributed by atoms with Gasteiger partial charge in [-0.1, -0.05) is 0 Å². The molecule has 0 spiro atoms. The molecule has 2 heterocycles. The van der Waals surface area contributed by atoms with Gasteiger partial charge in [-0.15, -0.1) is 0 Å². The highest BCUT2D eigenvalue weighted by Crippen LogP contribution is 2.16. The Hall–Kier alpha value is -1.45. The molecule has 0 saturated carbocycles. The third-order valence-electron chi connectivity index (χ3n) is 3.35. The fraction of sp³-hybridized carbons (Fsp3) is 0.286. The van der Waals surface area contributed by atoms with Crippen LogP contribution in [0.2, 0.25) is 26.2 Å². The summed E-state index contributed by atoms with van der Waals surface area (Å²) in [7, 11) is -5.01. The van der Waals surface area contributed by atoms with Crippen LogP contribution in [0.5, 0.6) is 0 Å². The summed E-state index contributed by atoms with van der Waals surface area (Å²) in [6.45, 7) is 7.66. The second-order valence-corrected chi connectivity index (χ2v) is 13.8. The highest BCUT2D eigenvalue weighted by molar-refractivity contribution is 6.96. The summed E-state index contributed by atoms with van der Waals surface area (Å²) in [6, 6.07) is 3.30. The van der Waals surface area contributed by atoms with E-state index < -0.39 is 16.6 Å². The van der Waals surface area contributed by atoms with E-state index in [0.717, 1.165) is 0 Å². The zero-order valence-electron chi connectivity index (χ0n) is 12.5. The zero-order chi connectivity index (χ0) is 15.7. The molecule has 2 aromatic rings. The lowest BCUT2D eigenvalue weighted by molar-refractivity contribution is 0.557. The Labute approximate surface area is 125 Å². The minimum atomic E-state index is -2.51. The van der Waals surface area contributed by atoms with Crippen molar-refractivity contribution in [1.82, 2.24) is 9.97 Å². The van der Waals surface area contributed by atoms with Crippen molar-refractivity contribution in [2.24, 2.45) is 0 Å². The van der Waals surface area contributed by atoms with Crippen molar-refractivity contribution in [2.45, 2.75) is 26.2 Å². The van der Waals surface area contributed by atoms with Gasteiger partial charge in [-0.25, -0.2) is 8.78 Å². The van der Waals surface area contributed by atoms with Gasteiger partial charge in [0.2, 0.25) is 16.6 Å². The predicted octanol–water partition coefficient (Wildman–Crippen LogP) is 2.30. The van der Waals surface area contributed by atoms with Gasteiger partial charge in [0, 0.05) is 22.8 Å². The molecule has 0 aliphatic rings. The second-order valence-electron chi connectivity index (χ2n) is 5.83. The Bertz CT molecular complexity index is 595. The Morgan fingerprint density at radius 1 is 0.810 bits per heavy atom. The first-order chi connectivity index (χ1) is 9.74. The molecule has 0 N–H and O–H groups in total. The zero-order valence-corrected chi connectivity index (χ0v) is 14.5. The molecule has 0 amide bonds. The molecule has 21 heavy (non-hydrogen) atoms. The topological polar surface area (TPSA) is 35.0 Å². The number of aromatic nitrogens is 2. The highest BCUT2D eigenvalue weighted by Gasteiger charge is 2.38. The third kappa shape index (κ3) is 3.42. The Morgan fingerprint density at radius 2 is 1.19 bits per heavy atom. The number of hydrogen-bond acceptors (Lipinski definition) is 3. The van der Waals surface area contributed by atoms with E-state index in [4.69, 9.17) is 4.12 Å². The molecule has 3 nitrogen and oxygen atoms in total. The average molecular weight is 324 g/mol. The van der Waals surface area contributed by atoms with Crippen LogP contribution in [-0.4, -0.2) is 26.6 Å². The van der Waals surface area contributed by atoms with Gasteiger partial charge in [0.05, 0.1) is 12.4 Å². The first kappa shape index (κ1) is 15.9. The summed E-state index contributed by atoms with van der Waals surface area (Å²) in [6.07, 6.45) is 5.49. The summed E-state index contributed by atoms with van der Waals surface area (Å²) >= 11 is 0. The van der Waals surface area contributed by atoms with E-state index in [2.05, 4.69) is 9.97 Å². The van der Waals surface area contributed by atoms with E-state index in [1.807, 2.05) is 26.2 Å². The van der Waals surface area contributed by atoms with E-state index in [0.29, 0.717) is 10.4 Å². The van der Waals surface area contributed by atoms with Gasteiger partial charge in [-0.2, -0.15) is 0 Å². The van der Waals surface area contributed by atoms with Crippen LogP contribution < -0.4 is 10.4 Å². The maximum absolute atomic E-state index is 14.0. The molecule has 2 rings (SSSR count). The molecular weight excluding hydrogens is 306 g/mol. The van der Waals surface area contributed by atoms with Gasteiger partial charge < -0.3 is 4.12 Å². The minimum Gasteiger partial charge on any atom is -0.449 e. The Morgan fingerprint density at radius 3 is 1.52 bits per heavy atom. The summed E-state index contributed by atoms with van der Waals surface area (Å²) < 4.78 is 34.2. The maximum Gasteiger partial charge on any atom is 0.209 e. The molecule has 112 valence electrons. The molecule has 2 aromatic heterocycles. The number of hydrogen-bond donors (Lipinski definition) is 0.